The van der Waals surface area contributed by atoms with Gasteiger partial charge in [0.25, 0.3) is 8.32 Å². The quantitative estimate of drug-likeness (QED) is 0.223. The van der Waals surface area contributed by atoms with Gasteiger partial charge in [-0.3, -0.25) is 4.79 Å². The van der Waals surface area contributed by atoms with E-state index in [-0.39, 0.29) is 29.3 Å². The molecule has 0 bridgehead atoms. The van der Waals surface area contributed by atoms with Crippen LogP contribution in [0.25, 0.3) is 0 Å². The SMILES string of the molecule is CC[C@H](C)[C@@H](C(=O)OC(C)(C)C)N1CCC(CO[Si](c2ccccc2)(c2ccccc2)C(C)(C)C)=CCC1=O. The predicted molar refractivity (Wildman–Crippen MR) is 162 cm³/mol. The molecule has 1 amide bonds. The van der Waals surface area contributed by atoms with Gasteiger partial charge in [-0.15, -0.1) is 0 Å². The first kappa shape index (κ1) is 30.8. The van der Waals surface area contributed by atoms with Gasteiger partial charge in [0.05, 0.1) is 6.61 Å². The number of ether oxygens (including phenoxy) is 1. The molecule has 0 unspecified atom stereocenters. The lowest BCUT2D eigenvalue weighted by Gasteiger charge is -2.43. The number of carbonyl (C=O) groups excluding carboxylic acids is 2. The van der Waals surface area contributed by atoms with Crippen LogP contribution in [0.5, 0.6) is 0 Å². The van der Waals surface area contributed by atoms with Gasteiger partial charge >= 0.3 is 5.97 Å². The highest BCUT2D eigenvalue weighted by Gasteiger charge is 2.50. The van der Waals surface area contributed by atoms with Gasteiger partial charge in [-0.1, -0.05) is 108 Å². The molecule has 2 aromatic carbocycles. The first-order valence-electron chi connectivity index (χ1n) is 14.3. The standard InChI is InChI=1S/C33H47NO4Si/c1-9-25(2)30(31(36)38-32(3,4)5)34-23-22-26(20-21-29(34)35)24-37-39(33(6,7)8,27-16-12-10-13-17-27)28-18-14-11-15-19-28/h10-20,25,30H,9,21-24H2,1-8H3/t25-,30-/m0/s1. The summed E-state index contributed by atoms with van der Waals surface area (Å²) in [6, 6.07) is 20.6. The van der Waals surface area contributed by atoms with Crippen molar-refractivity contribution in [2.24, 2.45) is 5.92 Å². The van der Waals surface area contributed by atoms with Gasteiger partial charge in [-0.2, -0.15) is 0 Å². The summed E-state index contributed by atoms with van der Waals surface area (Å²) >= 11 is 0. The van der Waals surface area contributed by atoms with E-state index in [9.17, 15) is 9.59 Å². The molecule has 0 radical (unpaired) electrons. The molecule has 2 aromatic rings. The molecule has 1 aliphatic rings. The van der Waals surface area contributed by atoms with Gasteiger partial charge in [0, 0.05) is 13.0 Å². The monoisotopic (exact) mass is 549 g/mol. The Labute approximate surface area is 236 Å². The van der Waals surface area contributed by atoms with E-state index in [0.29, 0.717) is 19.6 Å². The zero-order valence-electron chi connectivity index (χ0n) is 25.1. The molecule has 0 N–H and O–H groups in total. The van der Waals surface area contributed by atoms with E-state index in [2.05, 4.69) is 69.3 Å². The normalized spacial score (nSPS) is 16.8. The lowest BCUT2D eigenvalue weighted by molar-refractivity contribution is -0.167. The third-order valence-electron chi connectivity index (χ3n) is 7.62. The average Bonchev–Trinajstić information content (AvgIpc) is 3.05. The van der Waals surface area contributed by atoms with Crippen LogP contribution in [-0.4, -0.2) is 49.9 Å². The van der Waals surface area contributed by atoms with Crippen molar-refractivity contribution in [1.82, 2.24) is 4.90 Å². The average molecular weight is 550 g/mol. The summed E-state index contributed by atoms with van der Waals surface area (Å²) in [4.78, 5) is 28.3. The molecule has 0 spiro atoms. The van der Waals surface area contributed by atoms with Gasteiger partial charge in [0.1, 0.15) is 11.6 Å². The maximum absolute atomic E-state index is 13.3. The molecular formula is C33H47NO4Si. The maximum Gasteiger partial charge on any atom is 0.329 e. The third kappa shape index (κ3) is 7.28. The first-order chi connectivity index (χ1) is 18.3. The summed E-state index contributed by atoms with van der Waals surface area (Å²) in [5.74, 6) is -0.359. The van der Waals surface area contributed by atoms with Crippen molar-refractivity contribution in [3.05, 3.63) is 72.3 Å². The first-order valence-corrected chi connectivity index (χ1v) is 16.2. The zero-order valence-corrected chi connectivity index (χ0v) is 26.1. The number of amides is 1. The van der Waals surface area contributed by atoms with Crippen molar-refractivity contribution in [1.29, 1.82) is 0 Å². The van der Waals surface area contributed by atoms with Crippen LogP contribution in [0.3, 0.4) is 0 Å². The van der Waals surface area contributed by atoms with E-state index in [0.717, 1.165) is 12.0 Å². The van der Waals surface area contributed by atoms with Crippen molar-refractivity contribution in [3.63, 3.8) is 0 Å². The third-order valence-corrected chi connectivity index (χ3v) is 12.6. The van der Waals surface area contributed by atoms with Crippen LogP contribution in [-0.2, 0) is 18.8 Å². The fourth-order valence-electron chi connectivity index (χ4n) is 5.48. The Morgan fingerprint density at radius 3 is 1.95 bits per heavy atom. The number of rotatable bonds is 9. The predicted octanol–water partition coefficient (Wildman–Crippen LogP) is 5.87. The largest absolute Gasteiger partial charge is 0.458 e. The molecule has 0 saturated heterocycles. The van der Waals surface area contributed by atoms with E-state index < -0.39 is 20.0 Å². The molecule has 0 aliphatic carbocycles. The topological polar surface area (TPSA) is 55.8 Å². The van der Waals surface area contributed by atoms with Crippen LogP contribution in [0.1, 0.15) is 74.7 Å². The van der Waals surface area contributed by atoms with E-state index in [1.165, 1.54) is 10.4 Å². The highest BCUT2D eigenvalue weighted by Crippen LogP contribution is 2.37. The minimum absolute atomic E-state index is 0.00120. The van der Waals surface area contributed by atoms with Gasteiger partial charge in [0.2, 0.25) is 5.91 Å². The number of nitrogens with zero attached hydrogens (tertiary/aromatic N) is 1. The molecule has 0 saturated carbocycles. The summed E-state index contributed by atoms with van der Waals surface area (Å²) in [6.45, 7) is 17.4. The second kappa shape index (κ2) is 12.6. The minimum Gasteiger partial charge on any atom is -0.458 e. The van der Waals surface area contributed by atoms with E-state index in [1.54, 1.807) is 4.90 Å². The lowest BCUT2D eigenvalue weighted by Crippen LogP contribution is -2.66. The Kier molecular flexibility index (Phi) is 10.00. The Morgan fingerprint density at radius 2 is 1.49 bits per heavy atom. The van der Waals surface area contributed by atoms with Crippen LogP contribution in [0, 0.1) is 5.92 Å². The maximum atomic E-state index is 13.3. The lowest BCUT2D eigenvalue weighted by atomic mass is 9.96. The molecule has 6 heteroatoms. The summed E-state index contributed by atoms with van der Waals surface area (Å²) in [7, 11) is -2.69. The van der Waals surface area contributed by atoms with E-state index in [1.807, 2.05) is 52.8 Å². The summed E-state index contributed by atoms with van der Waals surface area (Å²) in [6.07, 6.45) is 3.72. The highest BCUT2D eigenvalue weighted by molar-refractivity contribution is 6.99. The Hall–Kier alpha value is -2.70. The number of hydrogen-bond acceptors (Lipinski definition) is 4. The smallest absolute Gasteiger partial charge is 0.329 e. The summed E-state index contributed by atoms with van der Waals surface area (Å²) in [5.41, 5.74) is 0.496. The van der Waals surface area contributed by atoms with Crippen LogP contribution < -0.4 is 10.4 Å². The Morgan fingerprint density at radius 1 is 0.949 bits per heavy atom. The zero-order chi connectivity index (χ0) is 28.8. The molecule has 2 atom stereocenters. The van der Waals surface area contributed by atoms with Crippen molar-refractivity contribution >= 4 is 30.6 Å². The minimum atomic E-state index is -2.69. The number of carbonyl (C=O) groups is 2. The number of hydrogen-bond donors (Lipinski definition) is 0. The van der Waals surface area contributed by atoms with Crippen molar-refractivity contribution in [2.45, 2.75) is 91.3 Å². The van der Waals surface area contributed by atoms with E-state index >= 15 is 0 Å². The number of benzene rings is 2. The molecule has 5 nitrogen and oxygen atoms in total. The number of esters is 1. The van der Waals surface area contributed by atoms with E-state index in [4.69, 9.17) is 9.16 Å². The van der Waals surface area contributed by atoms with Crippen molar-refractivity contribution in [2.75, 3.05) is 13.2 Å². The molecule has 0 fully saturated rings. The molecular weight excluding hydrogens is 502 g/mol. The van der Waals surface area contributed by atoms with Crippen LogP contribution >= 0.6 is 0 Å². The summed E-state index contributed by atoms with van der Waals surface area (Å²) in [5, 5.41) is 2.34. The van der Waals surface area contributed by atoms with Gasteiger partial charge < -0.3 is 14.1 Å². The molecule has 39 heavy (non-hydrogen) atoms. The fraction of sp³-hybridized carbons (Fsp3) is 0.515. The van der Waals surface area contributed by atoms with Crippen molar-refractivity contribution in [3.8, 4) is 0 Å². The van der Waals surface area contributed by atoms with Crippen LogP contribution in [0.2, 0.25) is 5.04 Å². The molecule has 3 rings (SSSR count). The van der Waals surface area contributed by atoms with Crippen LogP contribution in [0.4, 0.5) is 0 Å². The molecule has 1 aliphatic heterocycles. The molecule has 1 heterocycles. The second-order valence-corrected chi connectivity index (χ2v) is 17.0. The molecule has 212 valence electrons. The van der Waals surface area contributed by atoms with Crippen molar-refractivity contribution < 1.29 is 18.8 Å². The Balaban J connectivity index is 1.88. The van der Waals surface area contributed by atoms with Gasteiger partial charge in [0.15, 0.2) is 0 Å². The van der Waals surface area contributed by atoms with Gasteiger partial charge in [-0.05, 0) is 54.1 Å². The highest BCUT2D eigenvalue weighted by atomic mass is 28.4. The molecule has 0 aromatic heterocycles. The van der Waals surface area contributed by atoms with Crippen LogP contribution in [0.15, 0.2) is 72.3 Å². The Bertz CT molecular complexity index is 1090. The second-order valence-electron chi connectivity index (χ2n) is 12.7. The fourth-order valence-corrected chi connectivity index (χ4v) is 10.0. The van der Waals surface area contributed by atoms with Gasteiger partial charge in [-0.25, -0.2) is 4.79 Å². The summed E-state index contributed by atoms with van der Waals surface area (Å²) < 4.78 is 12.9.